The maximum Gasteiger partial charge on any atom is 0.323 e. The van der Waals surface area contributed by atoms with Crippen LogP contribution in [0.25, 0.3) is 0 Å². The lowest BCUT2D eigenvalue weighted by molar-refractivity contribution is 0.262. The summed E-state index contributed by atoms with van der Waals surface area (Å²) < 4.78 is 0. The van der Waals surface area contributed by atoms with Crippen molar-refractivity contribution in [3.05, 3.63) is 58.7 Å². The van der Waals surface area contributed by atoms with Crippen molar-refractivity contribution < 1.29 is 4.79 Å². The van der Waals surface area contributed by atoms with Crippen molar-refractivity contribution >= 4 is 17.4 Å². The zero-order chi connectivity index (χ0) is 15.4. The van der Waals surface area contributed by atoms with Crippen LogP contribution in [0.15, 0.2) is 36.4 Å². The predicted molar refractivity (Wildman–Crippen MR) is 89.1 cm³/mol. The first-order valence-corrected chi connectivity index (χ1v) is 7.25. The summed E-state index contributed by atoms with van der Waals surface area (Å²) in [6.07, 6.45) is 0.890. The number of hydrogen-bond donors (Lipinski definition) is 2. The van der Waals surface area contributed by atoms with E-state index >= 15 is 0 Å². The van der Waals surface area contributed by atoms with Gasteiger partial charge in [-0.05, 0) is 55.5 Å². The fourth-order valence-electron chi connectivity index (χ4n) is 2.36. The minimum absolute atomic E-state index is 0.201. The third kappa shape index (κ3) is 3.43. The van der Waals surface area contributed by atoms with E-state index < -0.39 is 0 Å². The molecule has 2 N–H and O–H groups in total. The van der Waals surface area contributed by atoms with E-state index in [1.165, 1.54) is 0 Å². The molecule has 0 aliphatic heterocycles. The van der Waals surface area contributed by atoms with Gasteiger partial charge >= 0.3 is 6.03 Å². The molecule has 0 aromatic heterocycles. The smallest absolute Gasteiger partial charge is 0.307 e. The first-order chi connectivity index (χ1) is 10.0. The molecule has 2 amide bonds. The highest BCUT2D eigenvalue weighted by Gasteiger charge is 2.10. The molecule has 110 valence electrons. The lowest BCUT2D eigenvalue weighted by Crippen LogP contribution is -2.21. The van der Waals surface area contributed by atoms with Crippen molar-refractivity contribution in [2.75, 3.05) is 10.6 Å². The normalized spacial score (nSPS) is 10.3. The molecule has 0 bridgehead atoms. The van der Waals surface area contributed by atoms with Crippen LogP contribution < -0.4 is 10.6 Å². The Balaban J connectivity index is 2.18. The first-order valence-electron chi connectivity index (χ1n) is 7.25. The Kier molecular flexibility index (Phi) is 4.63. The topological polar surface area (TPSA) is 41.1 Å². The number of urea groups is 1. The zero-order valence-corrected chi connectivity index (χ0v) is 13.1. The van der Waals surface area contributed by atoms with Gasteiger partial charge in [-0.1, -0.05) is 37.3 Å². The van der Waals surface area contributed by atoms with Crippen LogP contribution in [0.5, 0.6) is 0 Å². The van der Waals surface area contributed by atoms with E-state index in [1.807, 2.05) is 57.2 Å². The van der Waals surface area contributed by atoms with E-state index in [-0.39, 0.29) is 6.03 Å². The molecule has 0 heterocycles. The Morgan fingerprint density at radius 2 is 1.62 bits per heavy atom. The summed E-state index contributed by atoms with van der Waals surface area (Å²) >= 11 is 0. The number of anilines is 2. The molecule has 0 saturated heterocycles. The van der Waals surface area contributed by atoms with E-state index in [0.717, 1.165) is 40.0 Å². The fourth-order valence-corrected chi connectivity index (χ4v) is 2.36. The number of hydrogen-bond acceptors (Lipinski definition) is 1. The molecule has 2 aromatic carbocycles. The molecule has 0 fully saturated rings. The molecular weight excluding hydrogens is 260 g/mol. The summed E-state index contributed by atoms with van der Waals surface area (Å²) in [5.74, 6) is 0. The van der Waals surface area contributed by atoms with Crippen LogP contribution in [0.4, 0.5) is 16.2 Å². The van der Waals surface area contributed by atoms with Gasteiger partial charge in [-0.15, -0.1) is 0 Å². The lowest BCUT2D eigenvalue weighted by atomic mass is 10.1. The third-order valence-electron chi connectivity index (χ3n) is 3.83. The molecule has 2 aromatic rings. The number of nitrogens with one attached hydrogen (secondary N) is 2. The Labute approximate surface area is 126 Å². The van der Waals surface area contributed by atoms with E-state index in [2.05, 4.69) is 17.6 Å². The summed E-state index contributed by atoms with van der Waals surface area (Å²) in [5, 5.41) is 5.90. The summed E-state index contributed by atoms with van der Waals surface area (Å²) in [4.78, 5) is 12.2. The Bertz CT molecular complexity index is 662. The van der Waals surface area contributed by atoms with Gasteiger partial charge in [0, 0.05) is 11.4 Å². The average Bonchev–Trinajstić information content (AvgIpc) is 2.46. The number of rotatable bonds is 3. The highest BCUT2D eigenvalue weighted by molar-refractivity contribution is 6.01. The molecule has 0 atom stereocenters. The molecule has 0 radical (unpaired) electrons. The molecule has 3 heteroatoms. The number of amides is 2. The maximum atomic E-state index is 12.2. The number of carbonyl (C=O) groups excluding carboxylic acids is 1. The highest BCUT2D eigenvalue weighted by Crippen LogP contribution is 2.22. The van der Waals surface area contributed by atoms with Gasteiger partial charge in [0.2, 0.25) is 0 Å². The Morgan fingerprint density at radius 1 is 0.952 bits per heavy atom. The van der Waals surface area contributed by atoms with E-state index in [1.54, 1.807) is 0 Å². The largest absolute Gasteiger partial charge is 0.323 e. The summed E-state index contributed by atoms with van der Waals surface area (Å²) in [7, 11) is 0. The van der Waals surface area contributed by atoms with Crippen molar-refractivity contribution in [2.24, 2.45) is 0 Å². The summed E-state index contributed by atoms with van der Waals surface area (Å²) in [5.41, 5.74) is 6.23. The molecule has 3 nitrogen and oxygen atoms in total. The first kappa shape index (κ1) is 15.1. The van der Waals surface area contributed by atoms with Crippen molar-refractivity contribution in [3.8, 4) is 0 Å². The molecule has 0 aliphatic carbocycles. The summed E-state index contributed by atoms with van der Waals surface area (Å²) in [6, 6.07) is 11.8. The van der Waals surface area contributed by atoms with Crippen molar-refractivity contribution in [2.45, 2.75) is 34.1 Å². The average molecular weight is 282 g/mol. The summed E-state index contributed by atoms with van der Waals surface area (Å²) in [6.45, 7) is 8.14. The van der Waals surface area contributed by atoms with Gasteiger partial charge in [0.05, 0.1) is 0 Å². The van der Waals surface area contributed by atoms with Crippen LogP contribution >= 0.6 is 0 Å². The van der Waals surface area contributed by atoms with E-state index in [4.69, 9.17) is 0 Å². The molecule has 0 aliphatic rings. The third-order valence-corrected chi connectivity index (χ3v) is 3.83. The number of aryl methyl sites for hydroxylation is 3. The second-order valence-electron chi connectivity index (χ2n) is 5.29. The Hall–Kier alpha value is -2.29. The second kappa shape index (κ2) is 6.44. The van der Waals surface area contributed by atoms with Crippen LogP contribution in [0.3, 0.4) is 0 Å². The van der Waals surface area contributed by atoms with Gasteiger partial charge in [-0.25, -0.2) is 4.79 Å². The molecule has 0 saturated carbocycles. The quantitative estimate of drug-likeness (QED) is 0.832. The van der Waals surface area contributed by atoms with Gasteiger partial charge in [-0.2, -0.15) is 0 Å². The zero-order valence-electron chi connectivity index (χ0n) is 13.1. The maximum absolute atomic E-state index is 12.2. The van der Waals surface area contributed by atoms with Crippen LogP contribution in [-0.4, -0.2) is 6.03 Å². The minimum Gasteiger partial charge on any atom is -0.307 e. The van der Waals surface area contributed by atoms with Crippen molar-refractivity contribution in [1.82, 2.24) is 0 Å². The standard InChI is InChI=1S/C18H22N2O/c1-5-15-10-6-9-13(3)17(15)20-18(21)19-16-11-7-8-12(2)14(16)4/h6-11H,5H2,1-4H3,(H2,19,20,21). The fraction of sp³-hybridized carbons (Fsp3) is 0.278. The molecular formula is C18H22N2O. The highest BCUT2D eigenvalue weighted by atomic mass is 16.2. The monoisotopic (exact) mass is 282 g/mol. The van der Waals surface area contributed by atoms with E-state index in [0.29, 0.717) is 0 Å². The van der Waals surface area contributed by atoms with Gasteiger partial charge in [0.15, 0.2) is 0 Å². The molecule has 0 spiro atoms. The van der Waals surface area contributed by atoms with Crippen molar-refractivity contribution in [3.63, 3.8) is 0 Å². The van der Waals surface area contributed by atoms with Gasteiger partial charge in [-0.3, -0.25) is 0 Å². The van der Waals surface area contributed by atoms with Crippen LogP contribution in [0, 0.1) is 20.8 Å². The number of carbonyl (C=O) groups is 1. The molecule has 0 unspecified atom stereocenters. The van der Waals surface area contributed by atoms with Gasteiger partial charge < -0.3 is 10.6 Å². The van der Waals surface area contributed by atoms with E-state index in [9.17, 15) is 4.79 Å². The second-order valence-corrected chi connectivity index (χ2v) is 5.29. The van der Waals surface area contributed by atoms with Crippen LogP contribution in [-0.2, 0) is 6.42 Å². The van der Waals surface area contributed by atoms with Crippen LogP contribution in [0.1, 0.15) is 29.2 Å². The molecule has 21 heavy (non-hydrogen) atoms. The lowest BCUT2D eigenvalue weighted by Gasteiger charge is -2.15. The number of benzene rings is 2. The predicted octanol–water partition coefficient (Wildman–Crippen LogP) is 4.82. The Morgan fingerprint density at radius 3 is 2.33 bits per heavy atom. The van der Waals surface area contributed by atoms with Crippen molar-refractivity contribution in [1.29, 1.82) is 0 Å². The van der Waals surface area contributed by atoms with Crippen LogP contribution in [0.2, 0.25) is 0 Å². The van der Waals surface area contributed by atoms with Gasteiger partial charge in [0.25, 0.3) is 0 Å². The SMILES string of the molecule is CCc1cccc(C)c1NC(=O)Nc1cccc(C)c1C. The molecule has 2 rings (SSSR count). The minimum atomic E-state index is -0.201. The number of para-hydroxylation sites is 1. The van der Waals surface area contributed by atoms with Gasteiger partial charge in [0.1, 0.15) is 0 Å².